The Bertz CT molecular complexity index is 938. The molecule has 0 saturated carbocycles. The first-order valence-electron chi connectivity index (χ1n) is 10.6. The van der Waals surface area contributed by atoms with Gasteiger partial charge in [-0.05, 0) is 12.5 Å². The first kappa shape index (κ1) is 20.4. The maximum Gasteiger partial charge on any atom is 0.409 e. The molecule has 2 aromatic carbocycles. The molecule has 2 heterocycles. The second-order valence-corrected chi connectivity index (χ2v) is 7.78. The van der Waals surface area contributed by atoms with Crippen molar-refractivity contribution in [2.75, 3.05) is 68.8 Å². The van der Waals surface area contributed by atoms with Crippen LogP contribution in [0.1, 0.15) is 12.5 Å². The summed E-state index contributed by atoms with van der Waals surface area (Å²) in [5, 5.41) is 0. The molecule has 30 heavy (non-hydrogen) atoms. The van der Waals surface area contributed by atoms with Gasteiger partial charge in [0.25, 0.3) is 10.9 Å². The second kappa shape index (κ2) is 8.87. The number of benzene rings is 1. The van der Waals surface area contributed by atoms with Crippen LogP contribution in [0.25, 0.3) is 0 Å². The Kier molecular flexibility index (Phi) is 6.03. The van der Waals surface area contributed by atoms with Crippen molar-refractivity contribution >= 4 is 17.5 Å². The molecular weight excluding hydrogens is 384 g/mol. The number of rotatable bonds is 5. The van der Waals surface area contributed by atoms with Crippen molar-refractivity contribution in [3.8, 4) is 0 Å². The lowest BCUT2D eigenvalue weighted by Crippen LogP contribution is -2.56. The lowest BCUT2D eigenvalue weighted by molar-refractivity contribution is 0.105. The number of piperazine rings is 2. The molecule has 2 aromatic rings. The molecule has 2 saturated heterocycles. The summed E-state index contributed by atoms with van der Waals surface area (Å²) >= 11 is 0. The van der Waals surface area contributed by atoms with Crippen molar-refractivity contribution < 1.29 is 9.53 Å². The summed E-state index contributed by atoms with van der Waals surface area (Å²) in [4.78, 5) is 44.6. The minimum atomic E-state index is -0.402. The van der Waals surface area contributed by atoms with Crippen LogP contribution in [0.4, 0.5) is 16.2 Å². The van der Waals surface area contributed by atoms with E-state index in [2.05, 4.69) is 21.9 Å². The monoisotopic (exact) mass is 412 g/mol. The summed E-state index contributed by atoms with van der Waals surface area (Å²) in [5.74, 6) is 0. The number of hydrogen-bond acceptors (Lipinski definition) is 7. The van der Waals surface area contributed by atoms with Crippen LogP contribution in [0.15, 0.2) is 39.9 Å². The Morgan fingerprint density at radius 2 is 1.37 bits per heavy atom. The fraction of sp³-hybridized carbons (Fsp3) is 0.500. The molecule has 0 unspecified atom stereocenters. The van der Waals surface area contributed by atoms with E-state index in [0.717, 1.165) is 32.7 Å². The Morgan fingerprint density at radius 3 is 1.90 bits per heavy atom. The largest absolute Gasteiger partial charge is 0.450 e. The van der Waals surface area contributed by atoms with Crippen molar-refractivity contribution in [1.82, 2.24) is 9.80 Å². The second-order valence-electron chi connectivity index (χ2n) is 7.78. The van der Waals surface area contributed by atoms with Gasteiger partial charge in [0.15, 0.2) is 0 Å². The van der Waals surface area contributed by atoms with Crippen LogP contribution in [0, 0.1) is 0 Å². The third-order valence-electron chi connectivity index (χ3n) is 5.92. The third kappa shape index (κ3) is 4.05. The summed E-state index contributed by atoms with van der Waals surface area (Å²) in [6.07, 6.45) is -0.322. The zero-order valence-corrected chi connectivity index (χ0v) is 17.4. The van der Waals surface area contributed by atoms with Crippen LogP contribution in [-0.4, -0.2) is 74.9 Å². The van der Waals surface area contributed by atoms with Gasteiger partial charge in [0, 0.05) is 58.9 Å². The van der Waals surface area contributed by atoms with E-state index >= 15 is 0 Å². The van der Waals surface area contributed by atoms with E-state index in [1.807, 2.05) is 23.1 Å². The van der Waals surface area contributed by atoms with Crippen molar-refractivity contribution in [3.63, 3.8) is 0 Å². The number of ether oxygens (including phenoxy) is 1. The molecule has 2 aliphatic heterocycles. The van der Waals surface area contributed by atoms with Gasteiger partial charge in [0.2, 0.25) is 0 Å². The molecule has 0 aromatic heterocycles. The quantitative estimate of drug-likeness (QED) is 0.675. The SMILES string of the molecule is CCOC(=O)N1CCN(c2c(N3CCN(Cc4ccccc4)CC3)c(=O)c2=O)CC1. The predicted octanol–water partition coefficient (Wildman–Crippen LogP) is 0.883. The molecule has 2 fully saturated rings. The molecule has 4 rings (SSSR count). The summed E-state index contributed by atoms with van der Waals surface area (Å²) in [6, 6.07) is 10.3. The van der Waals surface area contributed by atoms with Gasteiger partial charge in [-0.15, -0.1) is 0 Å². The average molecular weight is 412 g/mol. The lowest BCUT2D eigenvalue weighted by Gasteiger charge is -2.40. The zero-order valence-electron chi connectivity index (χ0n) is 17.4. The smallest absolute Gasteiger partial charge is 0.409 e. The van der Waals surface area contributed by atoms with Crippen LogP contribution in [0.2, 0.25) is 0 Å². The molecule has 8 heteroatoms. The summed E-state index contributed by atoms with van der Waals surface area (Å²) < 4.78 is 5.05. The molecule has 2 aliphatic rings. The number of nitrogens with zero attached hydrogens (tertiary/aromatic N) is 4. The van der Waals surface area contributed by atoms with E-state index < -0.39 is 5.43 Å². The number of carbonyl (C=O) groups excluding carboxylic acids is 1. The topological polar surface area (TPSA) is 73.4 Å². The highest BCUT2D eigenvalue weighted by Crippen LogP contribution is 2.26. The van der Waals surface area contributed by atoms with Crippen molar-refractivity contribution in [2.45, 2.75) is 13.5 Å². The normalized spacial score (nSPS) is 18.1. The van der Waals surface area contributed by atoms with Gasteiger partial charge in [0.1, 0.15) is 11.4 Å². The summed E-state index contributed by atoms with van der Waals surface area (Å²) in [5.41, 5.74) is 1.58. The van der Waals surface area contributed by atoms with Gasteiger partial charge in [-0.2, -0.15) is 0 Å². The molecule has 0 aliphatic carbocycles. The third-order valence-corrected chi connectivity index (χ3v) is 5.92. The van der Waals surface area contributed by atoms with E-state index in [4.69, 9.17) is 4.74 Å². The first-order chi connectivity index (χ1) is 14.6. The fourth-order valence-corrected chi connectivity index (χ4v) is 4.25. The van der Waals surface area contributed by atoms with E-state index in [1.165, 1.54) is 5.56 Å². The molecular formula is C22H28N4O4. The van der Waals surface area contributed by atoms with E-state index in [-0.39, 0.29) is 11.5 Å². The molecule has 0 bridgehead atoms. The predicted molar refractivity (Wildman–Crippen MR) is 116 cm³/mol. The lowest BCUT2D eigenvalue weighted by atomic mass is 10.1. The number of hydrogen-bond donors (Lipinski definition) is 0. The van der Waals surface area contributed by atoms with Crippen molar-refractivity contribution in [3.05, 3.63) is 56.3 Å². The maximum absolute atomic E-state index is 12.4. The zero-order chi connectivity index (χ0) is 21.1. The minimum Gasteiger partial charge on any atom is -0.450 e. The molecule has 1 amide bonds. The summed E-state index contributed by atoms with van der Waals surface area (Å²) in [6.45, 7) is 8.22. The number of anilines is 2. The van der Waals surface area contributed by atoms with Gasteiger partial charge in [-0.25, -0.2) is 4.79 Å². The molecule has 160 valence electrons. The maximum atomic E-state index is 12.4. The highest BCUT2D eigenvalue weighted by atomic mass is 16.6. The number of carbonyl (C=O) groups is 1. The molecule has 0 atom stereocenters. The van der Waals surface area contributed by atoms with Gasteiger partial charge in [-0.3, -0.25) is 14.5 Å². The highest BCUT2D eigenvalue weighted by molar-refractivity contribution is 5.77. The fourth-order valence-electron chi connectivity index (χ4n) is 4.25. The van der Waals surface area contributed by atoms with Crippen molar-refractivity contribution in [1.29, 1.82) is 0 Å². The summed E-state index contributed by atoms with van der Waals surface area (Å²) in [7, 11) is 0. The Labute approximate surface area is 175 Å². The van der Waals surface area contributed by atoms with Crippen LogP contribution < -0.4 is 20.7 Å². The Morgan fingerprint density at radius 1 is 0.833 bits per heavy atom. The first-order valence-corrected chi connectivity index (χ1v) is 10.6. The van der Waals surface area contributed by atoms with E-state index in [0.29, 0.717) is 44.2 Å². The van der Waals surface area contributed by atoms with Gasteiger partial charge in [0.05, 0.1) is 6.61 Å². The number of amides is 1. The Hall–Kier alpha value is -2.87. The molecule has 0 spiro atoms. The average Bonchev–Trinajstić information content (AvgIpc) is 2.78. The minimum absolute atomic E-state index is 0.322. The van der Waals surface area contributed by atoms with Crippen molar-refractivity contribution in [2.24, 2.45) is 0 Å². The highest BCUT2D eigenvalue weighted by Gasteiger charge is 2.33. The van der Waals surface area contributed by atoms with Gasteiger partial charge in [-0.1, -0.05) is 30.3 Å². The Balaban J connectivity index is 1.37. The molecule has 0 radical (unpaired) electrons. The van der Waals surface area contributed by atoms with Crippen LogP contribution in [-0.2, 0) is 11.3 Å². The van der Waals surface area contributed by atoms with Crippen LogP contribution in [0.5, 0.6) is 0 Å². The van der Waals surface area contributed by atoms with E-state index in [9.17, 15) is 14.4 Å². The van der Waals surface area contributed by atoms with Crippen LogP contribution in [0.3, 0.4) is 0 Å². The van der Waals surface area contributed by atoms with Gasteiger partial charge < -0.3 is 19.4 Å². The molecule has 8 nitrogen and oxygen atoms in total. The van der Waals surface area contributed by atoms with E-state index in [1.54, 1.807) is 11.8 Å². The molecule has 0 N–H and O–H groups in total. The standard InChI is InChI=1S/C22H28N4O4/c1-2-30-22(29)26-14-12-25(13-15-26)19-18(20(27)21(19)28)24-10-8-23(9-11-24)16-17-6-4-3-5-7-17/h3-7H,2,8-16H2,1H3. The van der Waals surface area contributed by atoms with Crippen LogP contribution >= 0.6 is 0 Å². The van der Waals surface area contributed by atoms with Gasteiger partial charge >= 0.3 is 6.09 Å².